The fraction of sp³-hybridized carbons (Fsp3) is 0.667. The number of hydrogen-bond acceptors (Lipinski definition) is 2. The van der Waals surface area contributed by atoms with Gasteiger partial charge in [-0.3, -0.25) is 0 Å². The zero-order chi connectivity index (χ0) is 14.4. The van der Waals surface area contributed by atoms with Gasteiger partial charge >= 0.3 is 0 Å². The van der Waals surface area contributed by atoms with Crippen molar-refractivity contribution in [3.05, 3.63) is 35.4 Å². The van der Waals surface area contributed by atoms with Crippen molar-refractivity contribution in [1.82, 2.24) is 5.32 Å². The summed E-state index contributed by atoms with van der Waals surface area (Å²) in [6.45, 7) is 4.59. The van der Waals surface area contributed by atoms with Crippen LogP contribution in [-0.2, 0) is 6.42 Å². The van der Waals surface area contributed by atoms with Crippen LogP contribution in [0.15, 0.2) is 24.3 Å². The average molecular weight is 292 g/mol. The first-order valence-corrected chi connectivity index (χ1v) is 9.18. The summed E-state index contributed by atoms with van der Waals surface area (Å²) in [6, 6.07) is 9.73. The van der Waals surface area contributed by atoms with Crippen LogP contribution in [-0.4, -0.2) is 18.6 Å². The van der Waals surface area contributed by atoms with Gasteiger partial charge in [-0.2, -0.15) is 11.8 Å². The number of thioether (sulfide) groups is 1. The normalized spacial score (nSPS) is 18.4. The first-order chi connectivity index (χ1) is 9.69. The van der Waals surface area contributed by atoms with Crippen LogP contribution in [0.1, 0.15) is 50.3 Å². The molecule has 1 aromatic carbocycles. The number of benzene rings is 1. The van der Waals surface area contributed by atoms with E-state index in [1.807, 2.05) is 0 Å². The second-order valence-electron chi connectivity index (χ2n) is 6.48. The minimum Gasteiger partial charge on any atom is -0.313 e. The molecule has 1 atom stereocenters. The molecule has 0 aliphatic carbocycles. The summed E-state index contributed by atoms with van der Waals surface area (Å²) in [7, 11) is 2.11. The molecule has 1 nitrogen and oxygen atoms in total. The standard InChI is InChI=1S/C18H29NS/c1-14(2)11-16-5-4-6-17(12-16)18(19-3)13-15-7-9-20-10-8-15/h4-6,12,14-15,18-19H,7-11,13H2,1-3H3. The van der Waals surface area contributed by atoms with E-state index >= 15 is 0 Å². The lowest BCUT2D eigenvalue weighted by molar-refractivity contribution is 0.384. The van der Waals surface area contributed by atoms with Crippen LogP contribution in [0.5, 0.6) is 0 Å². The highest BCUT2D eigenvalue weighted by molar-refractivity contribution is 7.99. The molecule has 1 aliphatic rings. The zero-order valence-corrected chi connectivity index (χ0v) is 14.0. The fourth-order valence-electron chi connectivity index (χ4n) is 3.14. The Morgan fingerprint density at radius 2 is 2.00 bits per heavy atom. The first-order valence-electron chi connectivity index (χ1n) is 8.03. The van der Waals surface area contributed by atoms with E-state index in [0.29, 0.717) is 6.04 Å². The maximum Gasteiger partial charge on any atom is 0.0320 e. The predicted octanol–water partition coefficient (Wildman–Crippen LogP) is 4.68. The van der Waals surface area contributed by atoms with Gasteiger partial charge in [-0.25, -0.2) is 0 Å². The average Bonchev–Trinajstić information content (AvgIpc) is 2.45. The van der Waals surface area contributed by atoms with Crippen molar-refractivity contribution in [2.75, 3.05) is 18.6 Å². The van der Waals surface area contributed by atoms with Gasteiger partial charge in [0.1, 0.15) is 0 Å². The highest BCUT2D eigenvalue weighted by atomic mass is 32.2. The summed E-state index contributed by atoms with van der Waals surface area (Å²) in [6.07, 6.45) is 5.27. The van der Waals surface area contributed by atoms with Crippen LogP contribution in [0.3, 0.4) is 0 Å². The molecule has 0 bridgehead atoms. The third-order valence-electron chi connectivity index (χ3n) is 4.26. The molecule has 1 N–H and O–H groups in total. The van der Waals surface area contributed by atoms with Gasteiger partial charge in [-0.05, 0) is 67.2 Å². The molecule has 0 aromatic heterocycles. The summed E-state index contributed by atoms with van der Waals surface area (Å²) in [5.41, 5.74) is 2.96. The Labute approximate surface area is 128 Å². The summed E-state index contributed by atoms with van der Waals surface area (Å²) >= 11 is 2.12. The monoisotopic (exact) mass is 291 g/mol. The van der Waals surface area contributed by atoms with Gasteiger partial charge in [-0.15, -0.1) is 0 Å². The van der Waals surface area contributed by atoms with E-state index in [1.54, 1.807) is 0 Å². The molecule has 0 spiro atoms. The van der Waals surface area contributed by atoms with E-state index < -0.39 is 0 Å². The lowest BCUT2D eigenvalue weighted by atomic mass is 9.89. The van der Waals surface area contributed by atoms with E-state index in [4.69, 9.17) is 0 Å². The number of hydrogen-bond donors (Lipinski definition) is 1. The Balaban J connectivity index is 2.02. The molecule has 1 unspecified atom stereocenters. The van der Waals surface area contributed by atoms with Gasteiger partial charge in [-0.1, -0.05) is 38.1 Å². The van der Waals surface area contributed by atoms with E-state index in [9.17, 15) is 0 Å². The van der Waals surface area contributed by atoms with Gasteiger partial charge in [0, 0.05) is 6.04 Å². The van der Waals surface area contributed by atoms with Crippen molar-refractivity contribution in [2.24, 2.45) is 11.8 Å². The minimum atomic E-state index is 0.523. The minimum absolute atomic E-state index is 0.523. The topological polar surface area (TPSA) is 12.0 Å². The quantitative estimate of drug-likeness (QED) is 0.817. The number of nitrogens with one attached hydrogen (secondary N) is 1. The summed E-state index contributed by atoms with van der Waals surface area (Å²) < 4.78 is 0. The number of rotatable bonds is 6. The third-order valence-corrected chi connectivity index (χ3v) is 5.30. The van der Waals surface area contributed by atoms with Crippen LogP contribution in [0.25, 0.3) is 0 Å². The van der Waals surface area contributed by atoms with E-state index in [-0.39, 0.29) is 0 Å². The molecule has 2 rings (SSSR count). The van der Waals surface area contributed by atoms with Crippen LogP contribution < -0.4 is 5.32 Å². The van der Waals surface area contributed by atoms with Crippen molar-refractivity contribution in [1.29, 1.82) is 0 Å². The van der Waals surface area contributed by atoms with Gasteiger partial charge in [0.05, 0.1) is 0 Å². The molecule has 1 saturated heterocycles. The second-order valence-corrected chi connectivity index (χ2v) is 7.70. The van der Waals surface area contributed by atoms with Crippen molar-refractivity contribution < 1.29 is 0 Å². The Morgan fingerprint density at radius 1 is 1.25 bits per heavy atom. The Morgan fingerprint density at radius 3 is 2.65 bits per heavy atom. The molecule has 112 valence electrons. The fourth-order valence-corrected chi connectivity index (χ4v) is 4.35. The Hall–Kier alpha value is -0.470. The highest BCUT2D eigenvalue weighted by Gasteiger charge is 2.19. The van der Waals surface area contributed by atoms with E-state index in [0.717, 1.165) is 11.8 Å². The molecule has 20 heavy (non-hydrogen) atoms. The third kappa shape index (κ3) is 4.82. The van der Waals surface area contributed by atoms with Gasteiger partial charge in [0.15, 0.2) is 0 Å². The lowest BCUT2D eigenvalue weighted by Gasteiger charge is -2.26. The van der Waals surface area contributed by atoms with Gasteiger partial charge in [0.2, 0.25) is 0 Å². The van der Waals surface area contributed by atoms with Crippen molar-refractivity contribution in [3.63, 3.8) is 0 Å². The molecule has 2 heteroatoms. The molecule has 0 radical (unpaired) electrons. The van der Waals surface area contributed by atoms with E-state index in [2.05, 4.69) is 62.2 Å². The molecule has 1 fully saturated rings. The summed E-state index contributed by atoms with van der Waals surface area (Å²) in [5.74, 6) is 4.35. The van der Waals surface area contributed by atoms with Crippen LogP contribution in [0, 0.1) is 11.8 Å². The molecular weight excluding hydrogens is 262 g/mol. The van der Waals surface area contributed by atoms with Crippen molar-refractivity contribution in [2.45, 2.75) is 45.6 Å². The zero-order valence-electron chi connectivity index (χ0n) is 13.2. The van der Waals surface area contributed by atoms with Crippen LogP contribution in [0.2, 0.25) is 0 Å². The molecule has 1 aromatic rings. The van der Waals surface area contributed by atoms with Gasteiger partial charge in [0.25, 0.3) is 0 Å². The van der Waals surface area contributed by atoms with Crippen LogP contribution >= 0.6 is 11.8 Å². The SMILES string of the molecule is CNC(CC1CCSCC1)c1cccc(CC(C)C)c1. The molecule has 0 amide bonds. The lowest BCUT2D eigenvalue weighted by Crippen LogP contribution is -2.22. The Kier molecular flexibility index (Phi) is 6.44. The van der Waals surface area contributed by atoms with Crippen LogP contribution in [0.4, 0.5) is 0 Å². The molecule has 1 aliphatic heterocycles. The van der Waals surface area contributed by atoms with E-state index in [1.165, 1.54) is 48.3 Å². The highest BCUT2D eigenvalue weighted by Crippen LogP contribution is 2.31. The smallest absolute Gasteiger partial charge is 0.0320 e. The largest absolute Gasteiger partial charge is 0.313 e. The van der Waals surface area contributed by atoms with Gasteiger partial charge < -0.3 is 5.32 Å². The Bertz CT molecular complexity index is 396. The van der Waals surface area contributed by atoms with Crippen molar-refractivity contribution in [3.8, 4) is 0 Å². The summed E-state index contributed by atoms with van der Waals surface area (Å²) in [4.78, 5) is 0. The second kappa shape index (κ2) is 8.09. The molecular formula is C18H29NS. The first kappa shape index (κ1) is 15.9. The van der Waals surface area contributed by atoms with Crippen molar-refractivity contribution >= 4 is 11.8 Å². The molecule has 1 heterocycles. The maximum atomic E-state index is 3.54. The predicted molar refractivity (Wildman–Crippen MR) is 91.5 cm³/mol. The summed E-state index contributed by atoms with van der Waals surface area (Å²) in [5, 5.41) is 3.54. The molecule has 0 saturated carbocycles. The maximum absolute atomic E-state index is 3.54.